The summed E-state index contributed by atoms with van der Waals surface area (Å²) in [6.45, 7) is 3.97. The molecule has 114 valence electrons. The zero-order valence-electron chi connectivity index (χ0n) is 12.2. The monoisotopic (exact) mass is 335 g/mol. The van der Waals surface area contributed by atoms with E-state index in [1.165, 1.54) is 12.1 Å². The predicted octanol–water partition coefficient (Wildman–Crippen LogP) is 5.15. The molecule has 2 nitrogen and oxygen atoms in total. The molecule has 1 aliphatic heterocycles. The minimum absolute atomic E-state index is 0.299. The fraction of sp³-hybridized carbons (Fsp3) is 0.235. The lowest BCUT2D eigenvalue weighted by Crippen LogP contribution is -2.39. The Morgan fingerprint density at radius 2 is 2.00 bits per heavy atom. The molecule has 3 rings (SSSR count). The van der Waals surface area contributed by atoms with Gasteiger partial charge in [0.1, 0.15) is 5.82 Å². The maximum Gasteiger partial charge on any atom is 0.158 e. The third-order valence-corrected chi connectivity index (χ3v) is 4.17. The second-order valence-corrected chi connectivity index (χ2v) is 6.46. The Morgan fingerprint density at radius 1 is 1.23 bits per heavy atom. The molecule has 0 fully saturated rings. The van der Waals surface area contributed by atoms with E-state index in [2.05, 4.69) is 5.32 Å². The van der Waals surface area contributed by atoms with Crippen molar-refractivity contribution in [2.24, 2.45) is 0 Å². The number of halogens is 2. The van der Waals surface area contributed by atoms with E-state index >= 15 is 0 Å². The van der Waals surface area contributed by atoms with Gasteiger partial charge in [-0.3, -0.25) is 0 Å². The third-order valence-electron chi connectivity index (χ3n) is 3.71. The van der Waals surface area contributed by atoms with Gasteiger partial charge in [0.15, 0.2) is 6.23 Å². The summed E-state index contributed by atoms with van der Waals surface area (Å²) in [7, 11) is 0. The van der Waals surface area contributed by atoms with E-state index < -0.39 is 5.60 Å². The van der Waals surface area contributed by atoms with Crippen LogP contribution in [0.25, 0.3) is 11.1 Å². The van der Waals surface area contributed by atoms with Crippen molar-refractivity contribution in [3.8, 4) is 11.1 Å². The lowest BCUT2D eigenvalue weighted by atomic mass is 9.91. The molecule has 2 aromatic carbocycles. The van der Waals surface area contributed by atoms with Crippen LogP contribution in [0.3, 0.4) is 0 Å². The molecule has 22 heavy (non-hydrogen) atoms. The SMILES string of the molecule is CC1(C)OC(C=S)Nc2ccc(-c3cc(F)cc(Cl)c3)cc21. The highest BCUT2D eigenvalue weighted by atomic mass is 35.5. The van der Waals surface area contributed by atoms with E-state index in [1.54, 1.807) is 11.4 Å². The molecular weight excluding hydrogens is 321 g/mol. The van der Waals surface area contributed by atoms with E-state index in [0.717, 1.165) is 22.4 Å². The van der Waals surface area contributed by atoms with Crippen LogP contribution in [0, 0.1) is 5.82 Å². The van der Waals surface area contributed by atoms with Crippen LogP contribution in [-0.2, 0) is 10.3 Å². The van der Waals surface area contributed by atoms with Crippen molar-refractivity contribution >= 4 is 34.9 Å². The zero-order valence-corrected chi connectivity index (χ0v) is 13.8. The summed E-state index contributed by atoms with van der Waals surface area (Å²) in [6.07, 6.45) is -0.299. The van der Waals surface area contributed by atoms with Gasteiger partial charge in [0.25, 0.3) is 0 Å². The van der Waals surface area contributed by atoms with Crippen molar-refractivity contribution in [3.63, 3.8) is 0 Å². The zero-order chi connectivity index (χ0) is 15.9. The van der Waals surface area contributed by atoms with Crippen LogP contribution in [0.5, 0.6) is 0 Å². The molecular formula is C17H15ClFNOS. The molecule has 0 radical (unpaired) electrons. The Bertz CT molecular complexity index is 727. The van der Waals surface area contributed by atoms with Crippen LogP contribution in [0.15, 0.2) is 36.4 Å². The third kappa shape index (κ3) is 2.86. The first-order valence-electron chi connectivity index (χ1n) is 6.90. The van der Waals surface area contributed by atoms with E-state index in [-0.39, 0.29) is 12.0 Å². The minimum Gasteiger partial charge on any atom is -0.356 e. The lowest BCUT2D eigenvalue weighted by Gasteiger charge is -2.37. The maximum atomic E-state index is 13.6. The number of hydrogen-bond donors (Lipinski definition) is 1. The average Bonchev–Trinajstić information content (AvgIpc) is 2.45. The number of thiocarbonyl (C=S) groups is 1. The first-order valence-corrected chi connectivity index (χ1v) is 7.74. The van der Waals surface area contributed by atoms with Crippen molar-refractivity contribution in [2.75, 3.05) is 5.32 Å². The topological polar surface area (TPSA) is 21.3 Å². The Hall–Kier alpha value is -1.49. The first-order chi connectivity index (χ1) is 10.4. The summed E-state index contributed by atoms with van der Waals surface area (Å²) >= 11 is 10.9. The van der Waals surface area contributed by atoms with Gasteiger partial charge < -0.3 is 10.1 Å². The second-order valence-electron chi connectivity index (χ2n) is 5.75. The molecule has 0 saturated heterocycles. The van der Waals surface area contributed by atoms with E-state index in [0.29, 0.717) is 5.02 Å². The Balaban J connectivity index is 2.09. The molecule has 0 amide bonds. The molecule has 1 atom stereocenters. The summed E-state index contributed by atoms with van der Waals surface area (Å²) in [6, 6.07) is 10.4. The van der Waals surface area contributed by atoms with Crippen LogP contribution in [-0.4, -0.2) is 11.6 Å². The van der Waals surface area contributed by atoms with Gasteiger partial charge in [-0.25, -0.2) is 4.39 Å². The quantitative estimate of drug-likeness (QED) is 0.767. The number of hydrogen-bond acceptors (Lipinski definition) is 3. The Kier molecular flexibility index (Phi) is 3.93. The van der Waals surface area contributed by atoms with Gasteiger partial charge >= 0.3 is 0 Å². The molecule has 2 aromatic rings. The van der Waals surface area contributed by atoms with Gasteiger partial charge in [0, 0.05) is 21.6 Å². The summed E-state index contributed by atoms with van der Waals surface area (Å²) in [4.78, 5) is 0. The van der Waals surface area contributed by atoms with E-state index in [4.69, 9.17) is 28.6 Å². The molecule has 1 N–H and O–H groups in total. The smallest absolute Gasteiger partial charge is 0.158 e. The molecule has 1 heterocycles. The Labute approximate surface area is 139 Å². The van der Waals surface area contributed by atoms with Crippen molar-refractivity contribution < 1.29 is 9.13 Å². The highest BCUT2D eigenvalue weighted by Gasteiger charge is 2.32. The van der Waals surface area contributed by atoms with Gasteiger partial charge in [-0.05, 0) is 55.3 Å². The fourth-order valence-corrected chi connectivity index (χ4v) is 3.04. The van der Waals surface area contributed by atoms with Gasteiger partial charge in [-0.1, -0.05) is 29.9 Å². The minimum atomic E-state index is -0.492. The molecule has 5 heteroatoms. The molecule has 1 aliphatic rings. The summed E-state index contributed by atoms with van der Waals surface area (Å²) in [5, 5.41) is 5.16. The Morgan fingerprint density at radius 3 is 2.68 bits per heavy atom. The number of benzene rings is 2. The predicted molar refractivity (Wildman–Crippen MR) is 92.0 cm³/mol. The van der Waals surface area contributed by atoms with Gasteiger partial charge in [0.2, 0.25) is 0 Å². The number of anilines is 1. The average molecular weight is 336 g/mol. The van der Waals surface area contributed by atoms with Crippen molar-refractivity contribution in [2.45, 2.75) is 25.7 Å². The standard InChI is InChI=1S/C17H15ClFNOS/c1-17(2)14-7-10(11-5-12(18)8-13(19)6-11)3-4-15(14)20-16(9-22)21-17/h3-9,16,20H,1-2H3. The van der Waals surface area contributed by atoms with Gasteiger partial charge in [-0.15, -0.1) is 0 Å². The molecule has 0 saturated carbocycles. The summed E-state index contributed by atoms with van der Waals surface area (Å²) in [5.41, 5.74) is 3.10. The summed E-state index contributed by atoms with van der Waals surface area (Å²) in [5.74, 6) is -0.352. The lowest BCUT2D eigenvalue weighted by molar-refractivity contribution is -0.0406. The highest BCUT2D eigenvalue weighted by Crippen LogP contribution is 2.39. The normalized spacial score (nSPS) is 19.2. The molecule has 0 aliphatic carbocycles. The van der Waals surface area contributed by atoms with Crippen molar-refractivity contribution in [3.05, 3.63) is 52.8 Å². The van der Waals surface area contributed by atoms with Crippen LogP contribution in [0.4, 0.5) is 10.1 Å². The van der Waals surface area contributed by atoms with Crippen LogP contribution in [0.1, 0.15) is 19.4 Å². The number of fused-ring (bicyclic) bond motifs is 1. The summed E-state index contributed by atoms with van der Waals surface area (Å²) < 4.78 is 19.5. The van der Waals surface area contributed by atoms with Gasteiger partial charge in [0.05, 0.1) is 5.60 Å². The van der Waals surface area contributed by atoms with E-state index in [1.807, 2.05) is 32.0 Å². The highest BCUT2D eigenvalue weighted by molar-refractivity contribution is 7.79. The first kappa shape index (κ1) is 15.4. The van der Waals surface area contributed by atoms with Gasteiger partial charge in [-0.2, -0.15) is 0 Å². The van der Waals surface area contributed by atoms with Crippen LogP contribution in [0.2, 0.25) is 5.02 Å². The molecule has 1 unspecified atom stereocenters. The molecule has 0 aromatic heterocycles. The van der Waals surface area contributed by atoms with E-state index in [9.17, 15) is 4.39 Å². The number of rotatable bonds is 2. The van der Waals surface area contributed by atoms with Crippen LogP contribution < -0.4 is 5.32 Å². The largest absolute Gasteiger partial charge is 0.356 e. The van der Waals surface area contributed by atoms with Crippen LogP contribution >= 0.6 is 23.8 Å². The second kappa shape index (κ2) is 5.61. The molecule has 0 spiro atoms. The maximum absolute atomic E-state index is 13.6. The fourth-order valence-electron chi connectivity index (χ4n) is 2.69. The number of ether oxygens (including phenoxy) is 1. The van der Waals surface area contributed by atoms with Crippen molar-refractivity contribution in [1.82, 2.24) is 0 Å². The number of nitrogens with one attached hydrogen (secondary N) is 1. The molecule has 0 bridgehead atoms. The van der Waals surface area contributed by atoms with Crippen molar-refractivity contribution in [1.29, 1.82) is 0 Å².